The first-order valence-electron chi connectivity index (χ1n) is 7.97. The monoisotopic (exact) mass is 443 g/mol. The van der Waals surface area contributed by atoms with Crippen LogP contribution in [0.5, 0.6) is 5.75 Å². The van der Waals surface area contributed by atoms with Crippen LogP contribution in [0, 0.1) is 0 Å². The van der Waals surface area contributed by atoms with Crippen LogP contribution in [0.4, 0.5) is 0 Å². The van der Waals surface area contributed by atoms with Gasteiger partial charge in [-0.3, -0.25) is 0 Å². The third kappa shape index (κ3) is 7.25. The molecule has 1 aromatic carbocycles. The molecule has 0 bridgehead atoms. The van der Waals surface area contributed by atoms with Crippen LogP contribution in [-0.4, -0.2) is 18.6 Å². The number of hydrogen-bond acceptors (Lipinski definition) is 3. The summed E-state index contributed by atoms with van der Waals surface area (Å²) >= 11 is 0. The Labute approximate surface area is 160 Å². The van der Waals surface area contributed by atoms with Gasteiger partial charge in [0.05, 0.1) is 25.5 Å². The molecule has 0 radical (unpaired) electrons. The summed E-state index contributed by atoms with van der Waals surface area (Å²) in [7, 11) is 0. The van der Waals surface area contributed by atoms with E-state index in [0.29, 0.717) is 13.1 Å². The van der Waals surface area contributed by atoms with Crippen molar-refractivity contribution in [1.29, 1.82) is 0 Å². The highest BCUT2D eigenvalue weighted by atomic mass is 127. The maximum atomic E-state index is 5.71. The average Bonchev–Trinajstić information content (AvgIpc) is 3.03. The van der Waals surface area contributed by atoms with Gasteiger partial charge in [0.1, 0.15) is 11.5 Å². The molecule has 0 aliphatic heterocycles. The van der Waals surface area contributed by atoms with Crippen LogP contribution in [0.15, 0.2) is 52.1 Å². The number of halogens is 1. The fourth-order valence-corrected chi connectivity index (χ4v) is 2.09. The van der Waals surface area contributed by atoms with Crippen LogP contribution >= 0.6 is 24.0 Å². The molecule has 0 fully saturated rings. The summed E-state index contributed by atoms with van der Waals surface area (Å²) in [5.41, 5.74) is 1.11. The number of nitrogens with one attached hydrogen (secondary N) is 2. The summed E-state index contributed by atoms with van der Waals surface area (Å²) in [6.45, 7) is 8.08. The predicted molar refractivity (Wildman–Crippen MR) is 108 cm³/mol. The van der Waals surface area contributed by atoms with Gasteiger partial charge in [-0.15, -0.1) is 24.0 Å². The summed E-state index contributed by atoms with van der Waals surface area (Å²) in [5, 5.41) is 6.48. The van der Waals surface area contributed by atoms with Crippen molar-refractivity contribution in [3.63, 3.8) is 0 Å². The van der Waals surface area contributed by atoms with Crippen molar-refractivity contribution in [1.82, 2.24) is 10.6 Å². The van der Waals surface area contributed by atoms with E-state index in [9.17, 15) is 0 Å². The Hall–Kier alpha value is -1.70. The molecule has 2 rings (SSSR count). The number of guanidine groups is 1. The maximum absolute atomic E-state index is 5.71. The van der Waals surface area contributed by atoms with Gasteiger partial charge in [0, 0.05) is 6.54 Å². The highest BCUT2D eigenvalue weighted by molar-refractivity contribution is 14.0. The average molecular weight is 443 g/mol. The molecule has 0 saturated carbocycles. The Morgan fingerprint density at radius 3 is 2.71 bits per heavy atom. The first kappa shape index (κ1) is 20.3. The van der Waals surface area contributed by atoms with Crippen LogP contribution in [0.1, 0.15) is 32.1 Å². The highest BCUT2D eigenvalue weighted by Crippen LogP contribution is 2.15. The second-order valence-electron chi connectivity index (χ2n) is 5.44. The van der Waals surface area contributed by atoms with Crippen molar-refractivity contribution in [3.05, 3.63) is 54.0 Å². The maximum Gasteiger partial charge on any atom is 0.191 e. The van der Waals surface area contributed by atoms with E-state index in [1.165, 1.54) is 0 Å². The SMILES string of the molecule is CCNC(=NCc1cccc(OC(C)C)c1)NCc1ccco1.I. The Kier molecular flexibility index (Phi) is 9.29. The van der Waals surface area contributed by atoms with Crippen molar-refractivity contribution < 1.29 is 9.15 Å². The number of benzene rings is 1. The highest BCUT2D eigenvalue weighted by Gasteiger charge is 2.02. The molecular formula is C18H26IN3O2. The van der Waals surface area contributed by atoms with Gasteiger partial charge in [-0.1, -0.05) is 12.1 Å². The van der Waals surface area contributed by atoms with E-state index < -0.39 is 0 Å². The molecule has 1 aromatic heterocycles. The minimum Gasteiger partial charge on any atom is -0.491 e. The van der Waals surface area contributed by atoms with E-state index in [0.717, 1.165) is 29.6 Å². The van der Waals surface area contributed by atoms with Crippen LogP contribution in [0.3, 0.4) is 0 Å². The van der Waals surface area contributed by atoms with E-state index in [-0.39, 0.29) is 30.1 Å². The lowest BCUT2D eigenvalue weighted by atomic mass is 10.2. The molecular weight excluding hydrogens is 417 g/mol. The van der Waals surface area contributed by atoms with Gasteiger partial charge >= 0.3 is 0 Å². The minimum atomic E-state index is 0. The standard InChI is InChI=1S/C18H25N3O2.HI/c1-4-19-18(21-13-17-9-6-10-22-17)20-12-15-7-5-8-16(11-15)23-14(2)3;/h5-11,14H,4,12-13H2,1-3H3,(H2,19,20,21);1H. The second kappa shape index (κ2) is 11.0. The molecule has 0 aliphatic rings. The summed E-state index contributed by atoms with van der Waals surface area (Å²) in [6.07, 6.45) is 1.84. The van der Waals surface area contributed by atoms with Gasteiger partial charge < -0.3 is 19.8 Å². The largest absolute Gasteiger partial charge is 0.491 e. The topological polar surface area (TPSA) is 58.8 Å². The quantitative estimate of drug-likeness (QED) is 0.387. The van der Waals surface area contributed by atoms with Crippen molar-refractivity contribution in [2.45, 2.75) is 40.0 Å². The Bertz CT molecular complexity index is 612. The normalized spacial score (nSPS) is 11.1. The van der Waals surface area contributed by atoms with Crippen molar-refractivity contribution in [2.24, 2.45) is 4.99 Å². The predicted octanol–water partition coefficient (Wildman–Crippen LogP) is 3.94. The first-order valence-corrected chi connectivity index (χ1v) is 7.97. The van der Waals surface area contributed by atoms with Crippen LogP contribution in [0.25, 0.3) is 0 Å². The molecule has 0 saturated heterocycles. The molecule has 0 amide bonds. The van der Waals surface area contributed by atoms with E-state index in [2.05, 4.69) is 15.6 Å². The lowest BCUT2D eigenvalue weighted by Crippen LogP contribution is -2.36. The molecule has 0 aliphatic carbocycles. The molecule has 0 spiro atoms. The fraction of sp³-hybridized carbons (Fsp3) is 0.389. The van der Waals surface area contributed by atoms with Crippen molar-refractivity contribution in [2.75, 3.05) is 6.54 Å². The molecule has 0 unspecified atom stereocenters. The smallest absolute Gasteiger partial charge is 0.191 e. The number of nitrogens with zero attached hydrogens (tertiary/aromatic N) is 1. The zero-order valence-corrected chi connectivity index (χ0v) is 16.7. The number of aliphatic imine (C=N–C) groups is 1. The molecule has 1 heterocycles. The van der Waals surface area contributed by atoms with Crippen LogP contribution in [-0.2, 0) is 13.1 Å². The molecule has 24 heavy (non-hydrogen) atoms. The van der Waals surface area contributed by atoms with E-state index in [1.807, 2.05) is 57.2 Å². The van der Waals surface area contributed by atoms with Gasteiger partial charge in [-0.05, 0) is 50.6 Å². The molecule has 0 atom stereocenters. The third-order valence-corrected chi connectivity index (χ3v) is 3.04. The molecule has 2 N–H and O–H groups in total. The molecule has 5 nitrogen and oxygen atoms in total. The lowest BCUT2D eigenvalue weighted by Gasteiger charge is -2.12. The van der Waals surface area contributed by atoms with Crippen molar-refractivity contribution in [3.8, 4) is 5.75 Å². The summed E-state index contributed by atoms with van der Waals surface area (Å²) < 4.78 is 11.0. The molecule has 6 heteroatoms. The Morgan fingerprint density at radius 1 is 1.21 bits per heavy atom. The van der Waals surface area contributed by atoms with Gasteiger partial charge in [-0.25, -0.2) is 4.99 Å². The first-order chi connectivity index (χ1) is 11.2. The van der Waals surface area contributed by atoms with E-state index in [4.69, 9.17) is 9.15 Å². The summed E-state index contributed by atoms with van der Waals surface area (Å²) in [6, 6.07) is 11.8. The molecule has 132 valence electrons. The zero-order chi connectivity index (χ0) is 16.5. The third-order valence-electron chi connectivity index (χ3n) is 3.04. The summed E-state index contributed by atoms with van der Waals surface area (Å²) in [5.74, 6) is 2.52. The number of ether oxygens (including phenoxy) is 1. The van der Waals surface area contributed by atoms with Gasteiger partial charge in [-0.2, -0.15) is 0 Å². The Morgan fingerprint density at radius 2 is 2.04 bits per heavy atom. The van der Waals surface area contributed by atoms with E-state index in [1.54, 1.807) is 6.26 Å². The van der Waals surface area contributed by atoms with Crippen LogP contribution < -0.4 is 15.4 Å². The van der Waals surface area contributed by atoms with Crippen LogP contribution in [0.2, 0.25) is 0 Å². The van der Waals surface area contributed by atoms with Gasteiger partial charge in [0.15, 0.2) is 5.96 Å². The Balaban J connectivity index is 0.00000288. The fourth-order valence-electron chi connectivity index (χ4n) is 2.09. The second-order valence-corrected chi connectivity index (χ2v) is 5.44. The lowest BCUT2D eigenvalue weighted by molar-refractivity contribution is 0.242. The number of furan rings is 1. The van der Waals surface area contributed by atoms with Crippen molar-refractivity contribution >= 4 is 29.9 Å². The van der Waals surface area contributed by atoms with Gasteiger partial charge in [0.25, 0.3) is 0 Å². The zero-order valence-electron chi connectivity index (χ0n) is 14.4. The number of hydrogen-bond donors (Lipinski definition) is 2. The minimum absolute atomic E-state index is 0. The molecule has 2 aromatic rings. The summed E-state index contributed by atoms with van der Waals surface area (Å²) in [4.78, 5) is 4.60. The van der Waals surface area contributed by atoms with Gasteiger partial charge in [0.2, 0.25) is 0 Å². The van der Waals surface area contributed by atoms with E-state index >= 15 is 0 Å². The number of rotatable bonds is 7.